The van der Waals surface area contributed by atoms with E-state index >= 15 is 0 Å². The zero-order valence-electron chi connectivity index (χ0n) is 14.4. The van der Waals surface area contributed by atoms with Crippen LogP contribution in [0.5, 0.6) is 5.75 Å². The number of hydrogen-bond acceptors (Lipinski definition) is 6. The molecule has 3 aromatic rings. The second-order valence-corrected chi connectivity index (χ2v) is 8.67. The lowest BCUT2D eigenvalue weighted by Gasteiger charge is -2.09. The number of thioether (sulfide) groups is 1. The smallest absolute Gasteiger partial charge is 0.184 e. The Morgan fingerprint density at radius 3 is 2.58 bits per heavy atom. The van der Waals surface area contributed by atoms with Gasteiger partial charge >= 0.3 is 0 Å². The fourth-order valence-electron chi connectivity index (χ4n) is 2.36. The number of nitrogens with zero attached hydrogens (tertiary/aromatic N) is 2. The van der Waals surface area contributed by atoms with Gasteiger partial charge in [-0.2, -0.15) is 0 Å². The molecule has 134 valence electrons. The van der Waals surface area contributed by atoms with E-state index < -0.39 is 0 Å². The minimum Gasteiger partial charge on any atom is -0.494 e. The Kier molecular flexibility index (Phi) is 6.24. The molecule has 4 nitrogen and oxygen atoms in total. The van der Waals surface area contributed by atoms with Crippen LogP contribution in [0.4, 0.5) is 0 Å². The van der Waals surface area contributed by atoms with Gasteiger partial charge in [-0.15, -0.1) is 5.10 Å². The first-order valence-corrected chi connectivity index (χ1v) is 10.3. The fourth-order valence-corrected chi connectivity index (χ4v) is 4.94. The quantitative estimate of drug-likeness (QED) is 0.300. The Hall–Kier alpha value is -1.96. The van der Waals surface area contributed by atoms with Crippen molar-refractivity contribution in [3.8, 4) is 11.4 Å². The maximum Gasteiger partial charge on any atom is 0.184 e. The molecule has 2 aromatic carbocycles. The minimum atomic E-state index is -0.252. The van der Waals surface area contributed by atoms with Crippen molar-refractivity contribution in [1.82, 2.24) is 9.78 Å². The molecule has 0 amide bonds. The molecular formula is C19H18N2O2S3. The van der Waals surface area contributed by atoms with Crippen molar-refractivity contribution < 1.29 is 9.53 Å². The van der Waals surface area contributed by atoms with Gasteiger partial charge in [-0.25, -0.2) is 4.68 Å². The maximum absolute atomic E-state index is 12.7. The monoisotopic (exact) mass is 402 g/mol. The maximum atomic E-state index is 12.7. The summed E-state index contributed by atoms with van der Waals surface area (Å²) in [6.07, 6.45) is 0. The summed E-state index contributed by atoms with van der Waals surface area (Å²) in [7, 11) is 0. The molecule has 7 heteroatoms. The van der Waals surface area contributed by atoms with Crippen LogP contribution in [0, 0.1) is 3.95 Å². The topological polar surface area (TPSA) is 44.1 Å². The number of aromatic nitrogens is 2. The van der Waals surface area contributed by atoms with E-state index in [4.69, 9.17) is 17.0 Å². The van der Waals surface area contributed by atoms with Gasteiger partial charge < -0.3 is 4.74 Å². The normalized spacial score (nSPS) is 11.9. The van der Waals surface area contributed by atoms with Gasteiger partial charge in [0.25, 0.3) is 0 Å². The van der Waals surface area contributed by atoms with Gasteiger partial charge in [0.05, 0.1) is 17.5 Å². The molecule has 0 aliphatic heterocycles. The van der Waals surface area contributed by atoms with Crippen LogP contribution in [0.3, 0.4) is 0 Å². The Balaban J connectivity index is 1.72. The lowest BCUT2D eigenvalue weighted by Crippen LogP contribution is -2.13. The van der Waals surface area contributed by atoms with E-state index in [9.17, 15) is 4.79 Å². The Morgan fingerprint density at radius 1 is 1.23 bits per heavy atom. The van der Waals surface area contributed by atoms with Crippen LogP contribution in [0.2, 0.25) is 0 Å². The van der Waals surface area contributed by atoms with E-state index in [1.54, 1.807) is 16.8 Å². The number of carbonyl (C=O) groups is 1. The van der Waals surface area contributed by atoms with E-state index in [0.717, 1.165) is 15.8 Å². The van der Waals surface area contributed by atoms with Crippen molar-refractivity contribution in [1.29, 1.82) is 0 Å². The van der Waals surface area contributed by atoms with Crippen LogP contribution in [0.1, 0.15) is 24.2 Å². The van der Waals surface area contributed by atoms with Gasteiger partial charge in [0.2, 0.25) is 0 Å². The number of ketones is 1. The highest BCUT2D eigenvalue weighted by molar-refractivity contribution is 8.02. The number of benzene rings is 2. The number of ether oxygens (including phenoxy) is 1. The fraction of sp³-hybridized carbons (Fsp3) is 0.211. The number of hydrogen-bond donors (Lipinski definition) is 0. The third kappa shape index (κ3) is 4.41. The largest absolute Gasteiger partial charge is 0.494 e. The summed E-state index contributed by atoms with van der Waals surface area (Å²) in [5.74, 6) is 0.828. The van der Waals surface area contributed by atoms with Crippen LogP contribution >= 0.6 is 35.3 Å². The molecule has 0 radical (unpaired) electrons. The molecule has 0 N–H and O–H groups in total. The van der Waals surface area contributed by atoms with Gasteiger partial charge in [-0.1, -0.05) is 41.3 Å². The first-order chi connectivity index (χ1) is 12.6. The highest BCUT2D eigenvalue weighted by Crippen LogP contribution is 2.29. The summed E-state index contributed by atoms with van der Waals surface area (Å²) in [4.78, 5) is 12.7. The first-order valence-electron chi connectivity index (χ1n) is 8.18. The molecule has 1 aromatic heterocycles. The summed E-state index contributed by atoms with van der Waals surface area (Å²) in [6, 6.07) is 17.0. The molecule has 1 heterocycles. The molecule has 1 atom stereocenters. The van der Waals surface area contributed by atoms with Crippen LogP contribution < -0.4 is 4.74 Å². The van der Waals surface area contributed by atoms with Crippen LogP contribution in [-0.2, 0) is 0 Å². The lowest BCUT2D eigenvalue weighted by molar-refractivity contribution is 0.0994. The standard InChI is InChI=1S/C19H18N2O2S3/c1-3-23-16-11-9-14(10-12-16)17(22)13(2)25-18-20-21(19(24)26-18)15-7-5-4-6-8-15/h4-13H,3H2,1-2H3/t13-/m1/s1. The third-order valence-corrected chi connectivity index (χ3v) is 6.04. The molecule has 0 saturated carbocycles. The number of rotatable bonds is 7. The summed E-state index contributed by atoms with van der Waals surface area (Å²) >= 11 is 8.26. The van der Waals surface area contributed by atoms with E-state index in [2.05, 4.69) is 5.10 Å². The average Bonchev–Trinajstić information content (AvgIpc) is 3.03. The molecule has 0 saturated heterocycles. The summed E-state index contributed by atoms with van der Waals surface area (Å²) in [5.41, 5.74) is 1.59. The van der Waals surface area contributed by atoms with E-state index in [-0.39, 0.29) is 11.0 Å². The van der Waals surface area contributed by atoms with Crippen LogP contribution in [-0.4, -0.2) is 27.4 Å². The number of carbonyl (C=O) groups excluding carboxylic acids is 1. The number of para-hydroxylation sites is 1. The van der Waals surface area contributed by atoms with E-state index in [1.807, 2.05) is 56.3 Å². The van der Waals surface area contributed by atoms with Crippen molar-refractivity contribution >= 4 is 41.1 Å². The highest BCUT2D eigenvalue weighted by atomic mass is 32.2. The lowest BCUT2D eigenvalue weighted by atomic mass is 10.1. The SMILES string of the molecule is CCOc1ccc(C(=O)[C@@H](C)Sc2nn(-c3ccccc3)c(=S)s2)cc1. The molecule has 0 aliphatic carbocycles. The summed E-state index contributed by atoms with van der Waals surface area (Å²) in [5, 5.41) is 4.30. The zero-order valence-corrected chi connectivity index (χ0v) is 16.9. The summed E-state index contributed by atoms with van der Waals surface area (Å²) < 4.78 is 8.60. The molecule has 0 bridgehead atoms. The Morgan fingerprint density at radius 2 is 1.92 bits per heavy atom. The Labute approximate surface area is 165 Å². The first kappa shape index (κ1) is 18.8. The summed E-state index contributed by atoms with van der Waals surface area (Å²) in [6.45, 7) is 4.43. The number of Topliss-reactive ketones (excluding diaryl/α,β-unsaturated/α-hetero) is 1. The third-order valence-electron chi connectivity index (χ3n) is 3.63. The molecule has 0 fully saturated rings. The van der Waals surface area contributed by atoms with E-state index in [0.29, 0.717) is 16.1 Å². The second kappa shape index (κ2) is 8.62. The molecule has 3 rings (SSSR count). The van der Waals surface area contributed by atoms with Crippen molar-refractivity contribution in [3.63, 3.8) is 0 Å². The molecule has 0 unspecified atom stereocenters. The Bertz CT molecular complexity index is 933. The van der Waals surface area contributed by atoms with Crippen molar-refractivity contribution in [2.24, 2.45) is 0 Å². The molecular weight excluding hydrogens is 384 g/mol. The van der Waals surface area contributed by atoms with Crippen molar-refractivity contribution in [2.45, 2.75) is 23.4 Å². The zero-order chi connectivity index (χ0) is 18.5. The molecule has 0 spiro atoms. The predicted molar refractivity (Wildman–Crippen MR) is 110 cm³/mol. The van der Waals surface area contributed by atoms with Crippen LogP contribution in [0.15, 0.2) is 58.9 Å². The van der Waals surface area contributed by atoms with Gasteiger partial charge in [0.15, 0.2) is 14.1 Å². The predicted octanol–water partition coefficient (Wildman–Crippen LogP) is 5.43. The van der Waals surface area contributed by atoms with Crippen molar-refractivity contribution in [2.75, 3.05) is 6.61 Å². The molecule has 26 heavy (non-hydrogen) atoms. The molecule has 0 aliphatic rings. The van der Waals surface area contributed by atoms with Gasteiger partial charge in [0.1, 0.15) is 5.75 Å². The van der Waals surface area contributed by atoms with Gasteiger partial charge in [-0.3, -0.25) is 4.79 Å². The minimum absolute atomic E-state index is 0.0606. The van der Waals surface area contributed by atoms with E-state index in [1.165, 1.54) is 23.1 Å². The highest BCUT2D eigenvalue weighted by Gasteiger charge is 2.19. The van der Waals surface area contributed by atoms with Gasteiger partial charge in [-0.05, 0) is 62.5 Å². The van der Waals surface area contributed by atoms with Crippen LogP contribution in [0.25, 0.3) is 5.69 Å². The van der Waals surface area contributed by atoms with Gasteiger partial charge in [0, 0.05) is 5.56 Å². The van der Waals surface area contributed by atoms with Crippen molar-refractivity contribution in [3.05, 3.63) is 64.1 Å². The second-order valence-electron chi connectivity index (χ2n) is 5.46. The average molecular weight is 403 g/mol.